The number of nitrogens with zero attached hydrogens (tertiary/aromatic N) is 2. The molecule has 1 unspecified atom stereocenters. The summed E-state index contributed by atoms with van der Waals surface area (Å²) in [6, 6.07) is 14.2. The van der Waals surface area contributed by atoms with Crippen molar-refractivity contribution in [2.45, 2.75) is 64.0 Å². The Kier molecular flexibility index (Phi) is 10.1. The fourth-order valence-electron chi connectivity index (χ4n) is 5.52. The number of fused-ring (bicyclic) bond motifs is 3. The molecule has 0 radical (unpaired) electrons. The van der Waals surface area contributed by atoms with Crippen LogP contribution < -0.4 is 5.48 Å². The number of hydrogen-bond acceptors (Lipinski definition) is 5. The molecule has 218 valence electrons. The molecule has 0 saturated heterocycles. The van der Waals surface area contributed by atoms with Crippen molar-refractivity contribution in [1.82, 2.24) is 20.3 Å². The van der Waals surface area contributed by atoms with Gasteiger partial charge in [0.1, 0.15) is 0 Å². The van der Waals surface area contributed by atoms with E-state index in [4.69, 9.17) is 4.84 Å². The molecular weight excluding hydrogens is 524 g/mol. The highest BCUT2D eigenvalue weighted by Crippen LogP contribution is 2.37. The normalized spacial score (nSPS) is 15.3. The van der Waals surface area contributed by atoms with Crippen molar-refractivity contribution < 1.29 is 29.1 Å². The van der Waals surface area contributed by atoms with E-state index in [1.54, 1.807) is 42.2 Å². The molecule has 10 heteroatoms. The lowest BCUT2D eigenvalue weighted by Crippen LogP contribution is -2.49. The van der Waals surface area contributed by atoms with Gasteiger partial charge in [-0.2, -0.15) is 0 Å². The molecule has 0 spiro atoms. The first-order chi connectivity index (χ1) is 19.8. The Morgan fingerprint density at radius 1 is 1.02 bits per heavy atom. The number of likely N-dealkylation sites (N-methyl/N-ethyl adjacent to an activating group) is 1. The summed E-state index contributed by atoms with van der Waals surface area (Å²) in [5.74, 6) is -1.91. The van der Waals surface area contributed by atoms with Crippen LogP contribution in [-0.4, -0.2) is 63.8 Å². The van der Waals surface area contributed by atoms with Crippen LogP contribution in [0.3, 0.4) is 0 Å². The van der Waals surface area contributed by atoms with E-state index in [0.717, 1.165) is 29.3 Å². The molecule has 2 heterocycles. The fourth-order valence-corrected chi connectivity index (χ4v) is 5.52. The molecule has 1 aliphatic heterocycles. The topological polar surface area (TPSA) is 132 Å². The van der Waals surface area contributed by atoms with Crippen LogP contribution in [0.1, 0.15) is 74.4 Å². The van der Waals surface area contributed by atoms with Gasteiger partial charge in [0.05, 0.1) is 12.3 Å². The molecule has 1 aliphatic rings. The fraction of sp³-hybridized carbons (Fsp3) is 0.419. The number of hydroxylamine groups is 1. The number of H-pyrrole nitrogens is 1. The van der Waals surface area contributed by atoms with Gasteiger partial charge in [-0.25, -0.2) is 10.3 Å². The van der Waals surface area contributed by atoms with Crippen LogP contribution in [0.4, 0.5) is 0 Å². The molecule has 3 amide bonds. The number of unbranched alkanes of at least 4 members (excludes halogenated alkanes) is 3. The van der Waals surface area contributed by atoms with Crippen molar-refractivity contribution in [2.24, 2.45) is 0 Å². The second-order valence-corrected chi connectivity index (χ2v) is 10.3. The second kappa shape index (κ2) is 13.9. The van der Waals surface area contributed by atoms with Crippen LogP contribution in [0.5, 0.6) is 0 Å². The Morgan fingerprint density at radius 3 is 2.41 bits per heavy atom. The third kappa shape index (κ3) is 6.94. The minimum absolute atomic E-state index is 0.151. The van der Waals surface area contributed by atoms with Gasteiger partial charge in [0.25, 0.3) is 5.91 Å². The third-order valence-electron chi connectivity index (χ3n) is 7.55. The highest BCUT2D eigenvalue weighted by molar-refractivity contribution is 5.95. The lowest BCUT2D eigenvalue weighted by Gasteiger charge is -2.38. The summed E-state index contributed by atoms with van der Waals surface area (Å²) < 4.78 is 0. The van der Waals surface area contributed by atoms with E-state index < -0.39 is 24.0 Å². The number of nitrogens with one attached hydrogen (secondary N) is 2. The van der Waals surface area contributed by atoms with Crippen LogP contribution in [0.15, 0.2) is 54.6 Å². The van der Waals surface area contributed by atoms with Gasteiger partial charge in [0.2, 0.25) is 11.8 Å². The van der Waals surface area contributed by atoms with E-state index in [2.05, 4.69) is 10.5 Å². The average Bonchev–Trinajstić information content (AvgIpc) is 3.36. The van der Waals surface area contributed by atoms with Crippen molar-refractivity contribution in [2.75, 3.05) is 20.2 Å². The predicted molar refractivity (Wildman–Crippen MR) is 154 cm³/mol. The van der Waals surface area contributed by atoms with Gasteiger partial charge in [0.15, 0.2) is 12.1 Å². The van der Waals surface area contributed by atoms with E-state index in [1.807, 2.05) is 24.3 Å². The predicted octanol–water partition coefficient (Wildman–Crippen LogP) is 4.29. The van der Waals surface area contributed by atoms with Gasteiger partial charge in [-0.1, -0.05) is 61.4 Å². The quantitative estimate of drug-likeness (QED) is 0.210. The zero-order valence-corrected chi connectivity index (χ0v) is 23.6. The van der Waals surface area contributed by atoms with Gasteiger partial charge in [-0.15, -0.1) is 0 Å². The summed E-state index contributed by atoms with van der Waals surface area (Å²) in [6.45, 7) is 2.56. The maximum atomic E-state index is 14.1. The highest BCUT2D eigenvalue weighted by Gasteiger charge is 2.42. The van der Waals surface area contributed by atoms with E-state index >= 15 is 0 Å². The number of rotatable bonds is 13. The average molecular weight is 563 g/mol. The summed E-state index contributed by atoms with van der Waals surface area (Å²) in [7, 11) is 1.48. The summed E-state index contributed by atoms with van der Waals surface area (Å²) in [4.78, 5) is 62.8. The molecule has 0 fully saturated rings. The summed E-state index contributed by atoms with van der Waals surface area (Å²) in [6.07, 6.45) is 4.09. The largest absolute Gasteiger partial charge is 0.479 e. The van der Waals surface area contributed by atoms with Gasteiger partial charge in [-0.3, -0.25) is 19.2 Å². The molecule has 1 aromatic heterocycles. The van der Waals surface area contributed by atoms with E-state index in [0.29, 0.717) is 50.1 Å². The van der Waals surface area contributed by atoms with E-state index in [9.17, 15) is 24.3 Å². The first-order valence-electron chi connectivity index (χ1n) is 14.2. The molecule has 0 aliphatic carbocycles. The first kappa shape index (κ1) is 29.8. The molecule has 3 N–H and O–H groups in total. The first-order valence-corrected chi connectivity index (χ1v) is 14.2. The third-order valence-corrected chi connectivity index (χ3v) is 7.55. The van der Waals surface area contributed by atoms with Crippen molar-refractivity contribution in [1.29, 1.82) is 0 Å². The molecule has 4 rings (SSSR count). The molecule has 0 saturated carbocycles. The monoisotopic (exact) mass is 562 g/mol. The van der Waals surface area contributed by atoms with Crippen LogP contribution >= 0.6 is 0 Å². The van der Waals surface area contributed by atoms with Crippen molar-refractivity contribution in [3.63, 3.8) is 0 Å². The molecule has 0 bridgehead atoms. The number of hydrogen-bond donors (Lipinski definition) is 3. The van der Waals surface area contributed by atoms with Crippen LogP contribution in [-0.2, 0) is 30.4 Å². The van der Waals surface area contributed by atoms with E-state index in [1.165, 1.54) is 11.9 Å². The number of aromatic amines is 1. The van der Waals surface area contributed by atoms with Gasteiger partial charge in [-0.05, 0) is 43.4 Å². The summed E-state index contributed by atoms with van der Waals surface area (Å²) >= 11 is 0. The van der Waals surface area contributed by atoms with Crippen LogP contribution in [0, 0.1) is 0 Å². The lowest BCUT2D eigenvalue weighted by molar-refractivity contribution is -0.154. The lowest BCUT2D eigenvalue weighted by atomic mass is 9.94. The van der Waals surface area contributed by atoms with E-state index in [-0.39, 0.29) is 18.2 Å². The number of carboxylic acid groups (broad SMARTS) is 1. The SMILES string of the molecule is CCONC(=O)CCCCCCC(=O)N1CCc2c([nH]c3ccccc23)C1C(=O)N(C)[C@H](C(=O)O)c1ccccc1. The Bertz CT molecular complexity index is 1370. The number of carbonyl (C=O) groups is 4. The Labute approximate surface area is 239 Å². The maximum Gasteiger partial charge on any atom is 0.331 e. The molecule has 10 nitrogen and oxygen atoms in total. The molecule has 41 heavy (non-hydrogen) atoms. The number of benzene rings is 2. The Balaban J connectivity index is 1.51. The molecule has 2 atom stereocenters. The number of aromatic nitrogens is 1. The number of amides is 3. The molecule has 2 aromatic carbocycles. The minimum atomic E-state index is -1.20. The minimum Gasteiger partial charge on any atom is -0.479 e. The van der Waals surface area contributed by atoms with Crippen molar-refractivity contribution >= 4 is 34.6 Å². The Hall–Kier alpha value is -4.18. The second-order valence-electron chi connectivity index (χ2n) is 10.3. The summed E-state index contributed by atoms with van der Waals surface area (Å²) in [5, 5.41) is 11.1. The zero-order chi connectivity index (χ0) is 29.4. The Morgan fingerprint density at radius 2 is 1.71 bits per heavy atom. The number of para-hydroxylation sites is 1. The standard InChI is InChI=1S/C31H38N4O6/c1-3-41-33-25(36)17-9-4-5-10-18-26(37)35-20-19-23-22-15-11-12-16-24(22)32-27(23)29(35)30(38)34(2)28(31(39)40)21-13-7-6-8-14-21/h6-8,11-16,28-29,32H,3-5,9-10,17-20H2,1-2H3,(H,33,36)(H,39,40)/t28-,29?/m0/s1. The van der Waals surface area contributed by atoms with Crippen LogP contribution in [0.2, 0.25) is 0 Å². The number of aliphatic carboxylic acids is 1. The van der Waals surface area contributed by atoms with Gasteiger partial charge >= 0.3 is 5.97 Å². The maximum absolute atomic E-state index is 14.1. The zero-order valence-electron chi connectivity index (χ0n) is 23.6. The van der Waals surface area contributed by atoms with Crippen LogP contribution in [0.25, 0.3) is 10.9 Å². The van der Waals surface area contributed by atoms with Crippen molar-refractivity contribution in [3.8, 4) is 0 Å². The van der Waals surface area contributed by atoms with Gasteiger partial charge in [0, 0.05) is 37.3 Å². The number of carboxylic acids is 1. The summed E-state index contributed by atoms with van der Waals surface area (Å²) in [5.41, 5.74) is 5.35. The smallest absolute Gasteiger partial charge is 0.331 e. The highest BCUT2D eigenvalue weighted by atomic mass is 16.6. The molecular formula is C31H38N4O6. The van der Waals surface area contributed by atoms with Gasteiger partial charge < -0.3 is 19.9 Å². The number of carbonyl (C=O) groups excluding carboxylic acids is 3. The molecule has 3 aromatic rings. The van der Waals surface area contributed by atoms with Crippen molar-refractivity contribution in [3.05, 3.63) is 71.4 Å².